The molecule has 9 aromatic rings. The maximum atomic E-state index is 2.39. The number of nitrogens with zero attached hydrogens (tertiary/aromatic N) is 1. The maximum Gasteiger partial charge on any atom is 0.0540 e. The Kier molecular flexibility index (Phi) is 8.66. The van der Waals surface area contributed by atoms with Gasteiger partial charge in [0.05, 0.1) is 5.69 Å². The molecule has 250 valence electrons. The molecular formula is C52H37N. The van der Waals surface area contributed by atoms with Crippen LogP contribution in [0.4, 0.5) is 17.1 Å². The minimum Gasteiger partial charge on any atom is -0.310 e. The lowest BCUT2D eigenvalue weighted by Crippen LogP contribution is -2.11. The van der Waals surface area contributed by atoms with Crippen molar-refractivity contribution >= 4 is 27.8 Å². The average molecular weight is 676 g/mol. The summed E-state index contributed by atoms with van der Waals surface area (Å²) in [6.07, 6.45) is 0. The van der Waals surface area contributed by atoms with Gasteiger partial charge in [0.2, 0.25) is 0 Å². The van der Waals surface area contributed by atoms with E-state index in [2.05, 4.69) is 229 Å². The molecule has 0 aliphatic carbocycles. The van der Waals surface area contributed by atoms with Crippen molar-refractivity contribution < 1.29 is 0 Å². The van der Waals surface area contributed by atoms with Crippen LogP contribution >= 0.6 is 0 Å². The molecule has 9 aromatic carbocycles. The van der Waals surface area contributed by atoms with Crippen molar-refractivity contribution in [3.63, 3.8) is 0 Å². The number of anilines is 3. The Morgan fingerprint density at radius 2 is 0.660 bits per heavy atom. The van der Waals surface area contributed by atoms with Crippen LogP contribution in [-0.4, -0.2) is 0 Å². The summed E-state index contributed by atoms with van der Waals surface area (Å²) in [6, 6.07) is 80.8. The summed E-state index contributed by atoms with van der Waals surface area (Å²) in [5.74, 6) is 0. The quantitative estimate of drug-likeness (QED) is 0.155. The zero-order chi connectivity index (χ0) is 35.4. The van der Waals surface area contributed by atoms with Gasteiger partial charge < -0.3 is 4.90 Å². The highest BCUT2D eigenvalue weighted by atomic mass is 15.1. The fourth-order valence-corrected chi connectivity index (χ4v) is 7.46. The molecule has 0 unspecified atom stereocenters. The molecule has 0 radical (unpaired) electrons. The second kappa shape index (κ2) is 14.3. The van der Waals surface area contributed by atoms with Crippen LogP contribution in [-0.2, 0) is 0 Å². The number of rotatable bonds is 8. The molecule has 0 heterocycles. The van der Waals surface area contributed by atoms with Crippen LogP contribution in [0.1, 0.15) is 0 Å². The molecule has 0 spiro atoms. The summed E-state index contributed by atoms with van der Waals surface area (Å²) in [5.41, 5.74) is 15.4. The molecule has 0 saturated carbocycles. The predicted molar refractivity (Wildman–Crippen MR) is 226 cm³/mol. The van der Waals surface area contributed by atoms with Crippen molar-refractivity contribution in [1.82, 2.24) is 0 Å². The van der Waals surface area contributed by atoms with E-state index in [9.17, 15) is 0 Å². The first-order chi connectivity index (χ1) is 26.3. The molecule has 1 heteroatoms. The van der Waals surface area contributed by atoms with Crippen LogP contribution in [0.2, 0.25) is 0 Å². The van der Waals surface area contributed by atoms with Crippen molar-refractivity contribution in [3.05, 3.63) is 224 Å². The zero-order valence-electron chi connectivity index (χ0n) is 29.3. The molecule has 0 aliphatic heterocycles. The van der Waals surface area contributed by atoms with Crippen molar-refractivity contribution in [2.24, 2.45) is 0 Å². The Labute approximate surface area is 311 Å². The summed E-state index contributed by atoms with van der Waals surface area (Å²) >= 11 is 0. The molecule has 0 aromatic heterocycles. The highest BCUT2D eigenvalue weighted by molar-refractivity contribution is 6.04. The Bertz CT molecular complexity index is 2610. The van der Waals surface area contributed by atoms with Crippen LogP contribution in [0.25, 0.3) is 66.4 Å². The average Bonchev–Trinajstić information content (AvgIpc) is 3.25. The zero-order valence-corrected chi connectivity index (χ0v) is 29.3. The molecule has 9 rings (SSSR count). The van der Waals surface area contributed by atoms with Crippen molar-refractivity contribution in [3.8, 4) is 55.6 Å². The van der Waals surface area contributed by atoms with E-state index in [-0.39, 0.29) is 0 Å². The van der Waals surface area contributed by atoms with Crippen LogP contribution in [0.3, 0.4) is 0 Å². The van der Waals surface area contributed by atoms with Crippen LogP contribution < -0.4 is 4.90 Å². The van der Waals surface area contributed by atoms with Crippen molar-refractivity contribution in [2.45, 2.75) is 0 Å². The minimum absolute atomic E-state index is 1.09. The summed E-state index contributed by atoms with van der Waals surface area (Å²) in [4.78, 5) is 2.39. The van der Waals surface area contributed by atoms with E-state index in [1.807, 2.05) is 0 Å². The van der Waals surface area contributed by atoms with Gasteiger partial charge in [0.25, 0.3) is 0 Å². The van der Waals surface area contributed by atoms with Gasteiger partial charge in [-0.05, 0) is 91.2 Å². The van der Waals surface area contributed by atoms with Gasteiger partial charge in [-0.3, -0.25) is 0 Å². The van der Waals surface area contributed by atoms with E-state index < -0.39 is 0 Å². The molecule has 0 fully saturated rings. The van der Waals surface area contributed by atoms with E-state index in [4.69, 9.17) is 0 Å². The van der Waals surface area contributed by atoms with E-state index in [0.29, 0.717) is 0 Å². The second-order valence-corrected chi connectivity index (χ2v) is 13.3. The molecule has 1 nitrogen and oxygen atoms in total. The third-order valence-electron chi connectivity index (χ3n) is 10.1. The molecule has 0 N–H and O–H groups in total. The third-order valence-corrected chi connectivity index (χ3v) is 10.1. The predicted octanol–water partition coefficient (Wildman–Crippen LogP) is 14.6. The Morgan fingerprint density at radius 1 is 0.245 bits per heavy atom. The molecule has 53 heavy (non-hydrogen) atoms. The van der Waals surface area contributed by atoms with E-state index in [0.717, 1.165) is 17.1 Å². The van der Waals surface area contributed by atoms with Crippen molar-refractivity contribution in [2.75, 3.05) is 4.90 Å². The minimum atomic E-state index is 1.09. The fourth-order valence-electron chi connectivity index (χ4n) is 7.46. The highest BCUT2D eigenvalue weighted by Gasteiger charge is 2.19. The van der Waals surface area contributed by atoms with Crippen molar-refractivity contribution in [1.29, 1.82) is 0 Å². The standard InChI is InChI=1S/C52H37N/c1-4-14-38(15-5-1)40-24-26-43(27-25-40)48-21-12-13-23-51(48)53(46-33-28-41(29-34-46)39-16-6-2-7-17-39)47-35-30-44(31-36-47)50-37-32-42-18-10-11-22-49(42)52(50)45-19-8-3-9-20-45/h1-37H. The van der Waals surface area contributed by atoms with Crippen LogP contribution in [0, 0.1) is 0 Å². The monoisotopic (exact) mass is 675 g/mol. The number of fused-ring (bicyclic) bond motifs is 1. The lowest BCUT2D eigenvalue weighted by Gasteiger charge is -2.28. The van der Waals surface area contributed by atoms with Gasteiger partial charge in [0, 0.05) is 16.9 Å². The molecule has 0 atom stereocenters. The first kappa shape index (κ1) is 32.0. The molecule has 0 saturated heterocycles. The largest absolute Gasteiger partial charge is 0.310 e. The van der Waals surface area contributed by atoms with Gasteiger partial charge in [-0.2, -0.15) is 0 Å². The Hall–Kier alpha value is -6.96. The normalized spacial score (nSPS) is 11.0. The summed E-state index contributed by atoms with van der Waals surface area (Å²) in [7, 11) is 0. The van der Waals surface area contributed by atoms with Crippen LogP contribution in [0.5, 0.6) is 0 Å². The topological polar surface area (TPSA) is 3.24 Å². The lowest BCUT2D eigenvalue weighted by atomic mass is 9.89. The summed E-state index contributed by atoms with van der Waals surface area (Å²) in [5, 5.41) is 2.50. The Balaban J connectivity index is 1.16. The molecule has 0 aliphatic rings. The number of hydrogen-bond donors (Lipinski definition) is 0. The van der Waals surface area contributed by atoms with E-state index in [1.54, 1.807) is 0 Å². The van der Waals surface area contributed by atoms with Crippen LogP contribution in [0.15, 0.2) is 224 Å². The van der Waals surface area contributed by atoms with E-state index >= 15 is 0 Å². The maximum absolute atomic E-state index is 2.39. The second-order valence-electron chi connectivity index (χ2n) is 13.3. The fraction of sp³-hybridized carbons (Fsp3) is 0. The first-order valence-corrected chi connectivity index (χ1v) is 18.2. The lowest BCUT2D eigenvalue weighted by molar-refractivity contribution is 1.28. The summed E-state index contributed by atoms with van der Waals surface area (Å²) < 4.78 is 0. The first-order valence-electron chi connectivity index (χ1n) is 18.2. The molecule has 0 amide bonds. The van der Waals surface area contributed by atoms with E-state index in [1.165, 1.54) is 66.4 Å². The highest BCUT2D eigenvalue weighted by Crippen LogP contribution is 2.43. The van der Waals surface area contributed by atoms with Gasteiger partial charge in [0.15, 0.2) is 0 Å². The Morgan fingerprint density at radius 3 is 1.26 bits per heavy atom. The van der Waals surface area contributed by atoms with Gasteiger partial charge >= 0.3 is 0 Å². The molecule has 0 bridgehead atoms. The molecular weight excluding hydrogens is 639 g/mol. The van der Waals surface area contributed by atoms with Gasteiger partial charge in [0.1, 0.15) is 0 Å². The van der Waals surface area contributed by atoms with Gasteiger partial charge in [-0.25, -0.2) is 0 Å². The van der Waals surface area contributed by atoms with Gasteiger partial charge in [-0.15, -0.1) is 0 Å². The number of para-hydroxylation sites is 1. The number of hydrogen-bond acceptors (Lipinski definition) is 1. The van der Waals surface area contributed by atoms with Gasteiger partial charge in [-0.1, -0.05) is 194 Å². The smallest absolute Gasteiger partial charge is 0.0540 e. The number of benzene rings is 9. The summed E-state index contributed by atoms with van der Waals surface area (Å²) in [6.45, 7) is 0. The third kappa shape index (κ3) is 6.42. The SMILES string of the molecule is c1ccc(-c2ccc(-c3ccccc3N(c3ccc(-c4ccccc4)cc3)c3ccc(-c4ccc5ccccc5c4-c4ccccc4)cc3)cc2)cc1.